The SMILES string of the molecule is O=C(NC=C1CCOCC1)Nc1cccc(F)c1. The van der Waals surface area contributed by atoms with Crippen molar-refractivity contribution in [2.24, 2.45) is 0 Å². The highest BCUT2D eigenvalue weighted by molar-refractivity contribution is 5.89. The van der Waals surface area contributed by atoms with E-state index in [0.717, 1.165) is 18.4 Å². The van der Waals surface area contributed by atoms with E-state index in [2.05, 4.69) is 10.6 Å². The summed E-state index contributed by atoms with van der Waals surface area (Å²) >= 11 is 0. The van der Waals surface area contributed by atoms with Crippen LogP contribution in [0.1, 0.15) is 12.8 Å². The molecular formula is C13H15FN2O2. The summed E-state index contributed by atoms with van der Waals surface area (Å²) in [6, 6.07) is 5.39. The summed E-state index contributed by atoms with van der Waals surface area (Å²) in [7, 11) is 0. The van der Waals surface area contributed by atoms with Crippen molar-refractivity contribution in [2.45, 2.75) is 12.8 Å². The number of rotatable bonds is 2. The molecule has 0 aromatic heterocycles. The number of anilines is 1. The molecule has 1 aromatic rings. The maximum Gasteiger partial charge on any atom is 0.323 e. The third-order valence-electron chi connectivity index (χ3n) is 2.62. The van der Waals surface area contributed by atoms with Crippen molar-refractivity contribution in [3.63, 3.8) is 0 Å². The van der Waals surface area contributed by atoms with Gasteiger partial charge in [-0.2, -0.15) is 0 Å². The van der Waals surface area contributed by atoms with E-state index in [9.17, 15) is 9.18 Å². The summed E-state index contributed by atoms with van der Waals surface area (Å²) in [4.78, 5) is 11.5. The Kier molecular flexibility index (Phi) is 4.30. The van der Waals surface area contributed by atoms with Crippen LogP contribution in [0.5, 0.6) is 0 Å². The highest BCUT2D eigenvalue weighted by Crippen LogP contribution is 2.12. The van der Waals surface area contributed by atoms with E-state index in [1.807, 2.05) is 0 Å². The maximum atomic E-state index is 12.9. The molecule has 0 aliphatic carbocycles. The molecule has 2 N–H and O–H groups in total. The monoisotopic (exact) mass is 250 g/mol. The fourth-order valence-corrected chi connectivity index (χ4v) is 1.68. The average molecular weight is 250 g/mol. The second-order valence-corrected chi connectivity index (χ2v) is 4.02. The van der Waals surface area contributed by atoms with Gasteiger partial charge in [-0.05, 0) is 36.6 Å². The maximum absolute atomic E-state index is 12.9. The van der Waals surface area contributed by atoms with Gasteiger partial charge in [0.2, 0.25) is 0 Å². The molecule has 0 bridgehead atoms. The predicted octanol–water partition coefficient (Wildman–Crippen LogP) is 2.64. The normalized spacial score (nSPS) is 15.1. The van der Waals surface area contributed by atoms with Gasteiger partial charge in [-0.3, -0.25) is 0 Å². The van der Waals surface area contributed by atoms with Gasteiger partial charge >= 0.3 is 6.03 Å². The van der Waals surface area contributed by atoms with Crippen LogP contribution >= 0.6 is 0 Å². The molecule has 1 fully saturated rings. The van der Waals surface area contributed by atoms with Gasteiger partial charge in [-0.15, -0.1) is 0 Å². The second-order valence-electron chi connectivity index (χ2n) is 4.02. The molecule has 5 heteroatoms. The van der Waals surface area contributed by atoms with Gasteiger partial charge in [0, 0.05) is 11.9 Å². The molecule has 0 spiro atoms. The Morgan fingerprint density at radius 1 is 1.33 bits per heavy atom. The van der Waals surface area contributed by atoms with E-state index >= 15 is 0 Å². The first-order valence-corrected chi connectivity index (χ1v) is 5.83. The van der Waals surface area contributed by atoms with Gasteiger partial charge in [0.25, 0.3) is 0 Å². The van der Waals surface area contributed by atoms with E-state index in [4.69, 9.17) is 4.74 Å². The standard InChI is InChI=1S/C13H15FN2O2/c14-11-2-1-3-12(8-11)16-13(17)15-9-10-4-6-18-7-5-10/h1-3,8-9H,4-7H2,(H2,15,16,17). The summed E-state index contributed by atoms with van der Waals surface area (Å²) in [6.45, 7) is 1.39. The van der Waals surface area contributed by atoms with Crippen LogP contribution in [-0.2, 0) is 4.74 Å². The van der Waals surface area contributed by atoms with E-state index in [1.54, 1.807) is 18.3 Å². The minimum absolute atomic E-state index is 0.375. The van der Waals surface area contributed by atoms with Gasteiger partial charge in [0.05, 0.1) is 13.2 Å². The number of amides is 2. The van der Waals surface area contributed by atoms with Gasteiger partial charge in [-0.1, -0.05) is 6.07 Å². The first-order chi connectivity index (χ1) is 8.74. The molecule has 0 atom stereocenters. The number of ether oxygens (including phenoxy) is 1. The third kappa shape index (κ3) is 3.85. The Morgan fingerprint density at radius 3 is 2.83 bits per heavy atom. The summed E-state index contributed by atoms with van der Waals surface area (Å²) in [5.74, 6) is -0.379. The third-order valence-corrected chi connectivity index (χ3v) is 2.62. The molecule has 0 unspecified atom stereocenters. The molecule has 2 rings (SSSR count). The Bertz CT molecular complexity index is 452. The Morgan fingerprint density at radius 2 is 2.11 bits per heavy atom. The lowest BCUT2D eigenvalue weighted by Gasteiger charge is -2.14. The number of carbonyl (C=O) groups excluding carboxylic acids is 1. The number of hydrogen-bond donors (Lipinski definition) is 2. The summed E-state index contributed by atoms with van der Waals surface area (Å²) in [5.41, 5.74) is 1.58. The number of benzene rings is 1. The molecule has 4 nitrogen and oxygen atoms in total. The highest BCUT2D eigenvalue weighted by Gasteiger charge is 2.06. The summed E-state index contributed by atoms with van der Waals surface area (Å²) in [5, 5.41) is 5.19. The fraction of sp³-hybridized carbons (Fsp3) is 0.308. The molecule has 2 amide bonds. The average Bonchev–Trinajstić information content (AvgIpc) is 2.38. The van der Waals surface area contributed by atoms with E-state index in [1.165, 1.54) is 12.1 Å². The topological polar surface area (TPSA) is 50.4 Å². The van der Waals surface area contributed by atoms with Crippen LogP contribution < -0.4 is 10.6 Å². The summed E-state index contributed by atoms with van der Waals surface area (Å²) in [6.07, 6.45) is 3.36. The molecular weight excluding hydrogens is 235 g/mol. The predicted molar refractivity (Wildman–Crippen MR) is 66.7 cm³/mol. The minimum atomic E-state index is -0.379. The second kappa shape index (κ2) is 6.16. The fourth-order valence-electron chi connectivity index (χ4n) is 1.68. The van der Waals surface area contributed by atoms with Gasteiger partial charge in [-0.25, -0.2) is 9.18 Å². The van der Waals surface area contributed by atoms with E-state index in [0.29, 0.717) is 18.9 Å². The number of nitrogens with one attached hydrogen (secondary N) is 2. The number of halogens is 1. The first kappa shape index (κ1) is 12.6. The van der Waals surface area contributed by atoms with Crippen LogP contribution in [0, 0.1) is 5.82 Å². The molecule has 18 heavy (non-hydrogen) atoms. The zero-order valence-electron chi connectivity index (χ0n) is 9.91. The Labute approximate surface area is 105 Å². The number of hydrogen-bond acceptors (Lipinski definition) is 2. The zero-order valence-corrected chi connectivity index (χ0v) is 9.91. The molecule has 1 heterocycles. The molecule has 1 aliphatic heterocycles. The van der Waals surface area contributed by atoms with Gasteiger partial charge in [0.15, 0.2) is 0 Å². The van der Waals surface area contributed by atoms with Crippen LogP contribution in [-0.4, -0.2) is 19.2 Å². The van der Waals surface area contributed by atoms with E-state index < -0.39 is 0 Å². The van der Waals surface area contributed by atoms with E-state index in [-0.39, 0.29) is 11.8 Å². The van der Waals surface area contributed by atoms with Crippen LogP contribution in [0.2, 0.25) is 0 Å². The van der Waals surface area contributed by atoms with Crippen LogP contribution in [0.25, 0.3) is 0 Å². The molecule has 1 saturated heterocycles. The smallest absolute Gasteiger partial charge is 0.323 e. The van der Waals surface area contributed by atoms with Crippen molar-refractivity contribution in [3.8, 4) is 0 Å². The van der Waals surface area contributed by atoms with Crippen molar-refractivity contribution in [3.05, 3.63) is 41.9 Å². The molecule has 0 radical (unpaired) electrons. The van der Waals surface area contributed by atoms with Crippen LogP contribution in [0.4, 0.5) is 14.9 Å². The lowest BCUT2D eigenvalue weighted by Crippen LogP contribution is -2.25. The van der Waals surface area contributed by atoms with Crippen molar-refractivity contribution < 1.29 is 13.9 Å². The summed E-state index contributed by atoms with van der Waals surface area (Å²) < 4.78 is 18.1. The minimum Gasteiger partial charge on any atom is -0.381 e. The Hall–Kier alpha value is -1.88. The van der Waals surface area contributed by atoms with Gasteiger partial charge < -0.3 is 15.4 Å². The lowest BCUT2D eigenvalue weighted by atomic mass is 10.1. The zero-order chi connectivity index (χ0) is 12.8. The quantitative estimate of drug-likeness (QED) is 0.847. The largest absolute Gasteiger partial charge is 0.381 e. The lowest BCUT2D eigenvalue weighted by molar-refractivity contribution is 0.119. The van der Waals surface area contributed by atoms with Crippen LogP contribution in [0.15, 0.2) is 36.0 Å². The number of carbonyl (C=O) groups is 1. The van der Waals surface area contributed by atoms with Crippen LogP contribution in [0.3, 0.4) is 0 Å². The van der Waals surface area contributed by atoms with Crippen molar-refractivity contribution in [2.75, 3.05) is 18.5 Å². The number of urea groups is 1. The molecule has 0 saturated carbocycles. The highest BCUT2D eigenvalue weighted by atomic mass is 19.1. The molecule has 96 valence electrons. The van der Waals surface area contributed by atoms with Crippen molar-refractivity contribution in [1.82, 2.24) is 5.32 Å². The Balaban J connectivity index is 1.85. The first-order valence-electron chi connectivity index (χ1n) is 5.83. The molecule has 1 aliphatic rings. The van der Waals surface area contributed by atoms with Crippen molar-refractivity contribution in [1.29, 1.82) is 0 Å². The van der Waals surface area contributed by atoms with Crippen molar-refractivity contribution >= 4 is 11.7 Å². The van der Waals surface area contributed by atoms with Gasteiger partial charge in [0.1, 0.15) is 5.82 Å². The molecule has 1 aromatic carbocycles.